The van der Waals surface area contributed by atoms with Crippen LogP contribution in [0.15, 0.2) is 18.3 Å². The van der Waals surface area contributed by atoms with Crippen LogP contribution in [0.4, 0.5) is 19.0 Å². The fourth-order valence-corrected chi connectivity index (χ4v) is 1.80. The first-order valence-corrected chi connectivity index (χ1v) is 5.74. The lowest BCUT2D eigenvalue weighted by atomic mass is 10.1. The van der Waals surface area contributed by atoms with Crippen LogP contribution >= 0.6 is 0 Å². The Morgan fingerprint density at radius 2 is 2.18 bits per heavy atom. The van der Waals surface area contributed by atoms with Gasteiger partial charge in [-0.05, 0) is 36.8 Å². The number of hydrogen-bond acceptors (Lipinski definition) is 2. The number of anilines is 1. The van der Waals surface area contributed by atoms with Gasteiger partial charge in [-0.1, -0.05) is 6.92 Å². The van der Waals surface area contributed by atoms with Gasteiger partial charge in [0.2, 0.25) is 0 Å². The summed E-state index contributed by atoms with van der Waals surface area (Å²) in [5, 5.41) is 2.97. The summed E-state index contributed by atoms with van der Waals surface area (Å²) in [5.41, 5.74) is -0.658. The molecule has 2 rings (SSSR count). The van der Waals surface area contributed by atoms with E-state index < -0.39 is 11.7 Å². The molecule has 94 valence electrons. The van der Waals surface area contributed by atoms with Gasteiger partial charge in [-0.3, -0.25) is 0 Å². The molecular formula is C12H15F3N2. The number of nitrogens with zero attached hydrogens (tertiary/aromatic N) is 1. The van der Waals surface area contributed by atoms with Crippen molar-refractivity contribution in [3.63, 3.8) is 0 Å². The zero-order chi connectivity index (χ0) is 12.5. The molecule has 0 aliphatic heterocycles. The molecule has 0 aromatic carbocycles. The van der Waals surface area contributed by atoms with Gasteiger partial charge in [0.25, 0.3) is 0 Å². The molecule has 5 heteroatoms. The van der Waals surface area contributed by atoms with Crippen LogP contribution in [0.25, 0.3) is 0 Å². The minimum absolute atomic E-state index is 0.298. The smallest absolute Gasteiger partial charge is 0.370 e. The zero-order valence-electron chi connectivity index (χ0n) is 9.59. The van der Waals surface area contributed by atoms with Gasteiger partial charge < -0.3 is 5.32 Å². The van der Waals surface area contributed by atoms with E-state index in [0.29, 0.717) is 18.3 Å². The van der Waals surface area contributed by atoms with Crippen molar-refractivity contribution in [2.75, 3.05) is 11.9 Å². The first-order valence-electron chi connectivity index (χ1n) is 5.74. The van der Waals surface area contributed by atoms with E-state index >= 15 is 0 Å². The van der Waals surface area contributed by atoms with E-state index in [2.05, 4.69) is 17.2 Å². The third-order valence-corrected chi connectivity index (χ3v) is 3.12. The first kappa shape index (κ1) is 12.2. The fraction of sp³-hybridized carbons (Fsp3) is 0.583. The first-order chi connectivity index (χ1) is 7.97. The Labute approximate surface area is 98.2 Å². The van der Waals surface area contributed by atoms with Crippen LogP contribution in [0.2, 0.25) is 0 Å². The minimum Gasteiger partial charge on any atom is -0.370 e. The molecule has 0 radical (unpaired) electrons. The highest BCUT2D eigenvalue weighted by molar-refractivity contribution is 5.38. The zero-order valence-corrected chi connectivity index (χ0v) is 9.59. The summed E-state index contributed by atoms with van der Waals surface area (Å²) in [6.07, 6.45) is -0.647. The van der Waals surface area contributed by atoms with Crippen molar-refractivity contribution in [3.05, 3.63) is 23.9 Å². The maximum atomic E-state index is 12.4. The lowest BCUT2D eigenvalue weighted by Gasteiger charge is -2.13. The van der Waals surface area contributed by atoms with Crippen LogP contribution in [0, 0.1) is 11.8 Å². The van der Waals surface area contributed by atoms with E-state index in [1.54, 1.807) is 0 Å². The summed E-state index contributed by atoms with van der Waals surface area (Å²) >= 11 is 0. The second-order valence-electron chi connectivity index (χ2n) is 4.62. The van der Waals surface area contributed by atoms with Crippen LogP contribution in [-0.2, 0) is 6.18 Å². The Hall–Kier alpha value is -1.26. The van der Waals surface area contributed by atoms with Gasteiger partial charge in [0.05, 0.1) is 5.56 Å². The average Bonchev–Trinajstić information content (AvgIpc) is 3.09. The molecule has 1 aliphatic carbocycles. The summed E-state index contributed by atoms with van der Waals surface area (Å²) in [5.74, 6) is 1.52. The predicted molar refractivity (Wildman–Crippen MR) is 59.6 cm³/mol. The van der Waals surface area contributed by atoms with Crippen LogP contribution in [0.5, 0.6) is 0 Å². The summed E-state index contributed by atoms with van der Waals surface area (Å²) < 4.78 is 37.3. The highest BCUT2D eigenvalue weighted by Crippen LogP contribution is 2.36. The monoisotopic (exact) mass is 244 g/mol. The fourth-order valence-electron chi connectivity index (χ4n) is 1.80. The van der Waals surface area contributed by atoms with E-state index in [4.69, 9.17) is 0 Å². The number of pyridine rings is 1. The van der Waals surface area contributed by atoms with E-state index in [1.165, 1.54) is 19.0 Å². The second kappa shape index (κ2) is 4.55. The van der Waals surface area contributed by atoms with Crippen LogP contribution in [-0.4, -0.2) is 11.5 Å². The quantitative estimate of drug-likeness (QED) is 0.876. The SMILES string of the molecule is CC(CNc1cc(C(F)(F)F)ccn1)C1CC1. The molecule has 1 N–H and O–H groups in total. The van der Waals surface area contributed by atoms with Gasteiger partial charge in [0.15, 0.2) is 0 Å². The summed E-state index contributed by atoms with van der Waals surface area (Å²) in [6, 6.07) is 2.04. The highest BCUT2D eigenvalue weighted by atomic mass is 19.4. The van der Waals surface area contributed by atoms with E-state index in [9.17, 15) is 13.2 Å². The van der Waals surface area contributed by atoms with Crippen LogP contribution < -0.4 is 5.32 Å². The van der Waals surface area contributed by atoms with Gasteiger partial charge >= 0.3 is 6.18 Å². The largest absolute Gasteiger partial charge is 0.416 e. The topological polar surface area (TPSA) is 24.9 Å². The van der Waals surface area contributed by atoms with E-state index in [1.807, 2.05) is 0 Å². The molecular weight excluding hydrogens is 229 g/mol. The van der Waals surface area contributed by atoms with Crippen molar-refractivity contribution >= 4 is 5.82 Å². The lowest BCUT2D eigenvalue weighted by molar-refractivity contribution is -0.137. The van der Waals surface area contributed by atoms with Crippen molar-refractivity contribution in [3.8, 4) is 0 Å². The number of hydrogen-bond donors (Lipinski definition) is 1. The summed E-state index contributed by atoms with van der Waals surface area (Å²) in [4.78, 5) is 3.89. The van der Waals surface area contributed by atoms with Crippen molar-refractivity contribution in [1.82, 2.24) is 4.98 Å². The lowest BCUT2D eigenvalue weighted by Crippen LogP contribution is -2.14. The number of aromatic nitrogens is 1. The molecule has 2 nitrogen and oxygen atoms in total. The van der Waals surface area contributed by atoms with Crippen molar-refractivity contribution in [2.45, 2.75) is 25.9 Å². The van der Waals surface area contributed by atoms with Crippen LogP contribution in [0.3, 0.4) is 0 Å². The Kier molecular flexibility index (Phi) is 3.26. The van der Waals surface area contributed by atoms with Gasteiger partial charge in [0.1, 0.15) is 5.82 Å². The third-order valence-electron chi connectivity index (χ3n) is 3.12. The average molecular weight is 244 g/mol. The molecule has 1 heterocycles. The maximum Gasteiger partial charge on any atom is 0.416 e. The van der Waals surface area contributed by atoms with E-state index in [-0.39, 0.29) is 0 Å². The number of nitrogens with one attached hydrogen (secondary N) is 1. The molecule has 17 heavy (non-hydrogen) atoms. The molecule has 0 saturated heterocycles. The summed E-state index contributed by atoms with van der Waals surface area (Å²) in [7, 11) is 0. The molecule has 1 aromatic rings. The van der Waals surface area contributed by atoms with Gasteiger partial charge in [-0.15, -0.1) is 0 Å². The van der Waals surface area contributed by atoms with Crippen molar-refractivity contribution < 1.29 is 13.2 Å². The van der Waals surface area contributed by atoms with Crippen molar-refractivity contribution in [2.24, 2.45) is 11.8 Å². The molecule has 1 aliphatic rings. The predicted octanol–water partition coefficient (Wildman–Crippen LogP) is 3.56. The third kappa shape index (κ3) is 3.35. The van der Waals surface area contributed by atoms with Crippen LogP contribution in [0.1, 0.15) is 25.3 Å². The Morgan fingerprint density at radius 1 is 1.47 bits per heavy atom. The molecule has 1 saturated carbocycles. The maximum absolute atomic E-state index is 12.4. The minimum atomic E-state index is -4.30. The molecule has 0 amide bonds. The second-order valence-corrected chi connectivity index (χ2v) is 4.62. The normalized spacial score (nSPS) is 17.9. The Balaban J connectivity index is 1.96. The van der Waals surface area contributed by atoms with Gasteiger partial charge in [-0.2, -0.15) is 13.2 Å². The Bertz CT molecular complexity index is 386. The van der Waals surface area contributed by atoms with Gasteiger partial charge in [0, 0.05) is 12.7 Å². The number of rotatable bonds is 4. The Morgan fingerprint density at radius 3 is 2.76 bits per heavy atom. The molecule has 1 atom stereocenters. The molecule has 0 bridgehead atoms. The van der Waals surface area contributed by atoms with E-state index in [0.717, 1.165) is 18.1 Å². The molecule has 1 unspecified atom stereocenters. The molecule has 1 aromatic heterocycles. The number of alkyl halides is 3. The highest BCUT2D eigenvalue weighted by Gasteiger charge is 2.31. The summed E-state index contributed by atoms with van der Waals surface area (Å²) in [6.45, 7) is 2.79. The van der Waals surface area contributed by atoms with Gasteiger partial charge in [-0.25, -0.2) is 4.98 Å². The van der Waals surface area contributed by atoms with Crippen molar-refractivity contribution in [1.29, 1.82) is 0 Å². The molecule has 1 fully saturated rings. The molecule has 0 spiro atoms. The number of halogens is 3. The standard InChI is InChI=1S/C12H15F3N2/c1-8(9-2-3-9)7-17-11-6-10(4-5-16-11)12(13,14)15/h4-6,8-9H,2-3,7H2,1H3,(H,16,17).